The lowest BCUT2D eigenvalue weighted by molar-refractivity contribution is 0.527. The van der Waals surface area contributed by atoms with Crippen LogP contribution in [-0.4, -0.2) is 15.9 Å². The van der Waals surface area contributed by atoms with Gasteiger partial charge in [0, 0.05) is 12.7 Å². The van der Waals surface area contributed by atoms with Gasteiger partial charge in [-0.05, 0) is 31.7 Å². The van der Waals surface area contributed by atoms with Crippen LogP contribution >= 0.6 is 11.8 Å². The Bertz CT molecular complexity index is 717. The summed E-state index contributed by atoms with van der Waals surface area (Å²) in [6, 6.07) is 8.06. The van der Waals surface area contributed by atoms with Gasteiger partial charge < -0.3 is 14.1 Å². The van der Waals surface area contributed by atoms with E-state index in [2.05, 4.69) is 22.8 Å². The number of pyridine rings is 1. The first-order valence-electron chi connectivity index (χ1n) is 6.68. The summed E-state index contributed by atoms with van der Waals surface area (Å²) in [6.07, 6.45) is 3.78. The van der Waals surface area contributed by atoms with Crippen molar-refractivity contribution in [2.75, 3.05) is 6.54 Å². The fourth-order valence-corrected chi connectivity index (χ4v) is 3.05. The molecule has 0 saturated carbocycles. The highest BCUT2D eigenvalue weighted by Gasteiger charge is 2.14. The molecule has 0 unspecified atom stereocenters. The van der Waals surface area contributed by atoms with E-state index in [-0.39, 0.29) is 0 Å². The van der Waals surface area contributed by atoms with E-state index in [4.69, 9.17) is 9.40 Å². The number of hydrogen-bond donors (Lipinski definition) is 1. The number of imidazole rings is 1. The quantitative estimate of drug-likeness (QED) is 0.780. The van der Waals surface area contributed by atoms with Gasteiger partial charge in [-0.3, -0.25) is 0 Å². The molecule has 0 radical (unpaired) electrons. The van der Waals surface area contributed by atoms with Crippen LogP contribution in [0.3, 0.4) is 0 Å². The van der Waals surface area contributed by atoms with E-state index in [1.165, 1.54) is 5.69 Å². The van der Waals surface area contributed by atoms with Crippen LogP contribution in [0.5, 0.6) is 0 Å². The van der Waals surface area contributed by atoms with Gasteiger partial charge in [0.2, 0.25) is 0 Å². The molecule has 104 valence electrons. The summed E-state index contributed by atoms with van der Waals surface area (Å²) in [5.41, 5.74) is 2.16. The Hall–Kier alpha value is -1.72. The average molecular weight is 287 g/mol. The van der Waals surface area contributed by atoms with Gasteiger partial charge >= 0.3 is 0 Å². The molecule has 0 aliphatic rings. The normalized spacial score (nSPS) is 11.3. The Balaban J connectivity index is 2.02. The van der Waals surface area contributed by atoms with Crippen molar-refractivity contribution in [2.24, 2.45) is 0 Å². The third kappa shape index (κ3) is 2.46. The number of aromatic nitrogens is 2. The van der Waals surface area contributed by atoms with Crippen LogP contribution in [0, 0.1) is 6.92 Å². The van der Waals surface area contributed by atoms with Crippen molar-refractivity contribution in [3.8, 4) is 0 Å². The molecule has 0 saturated heterocycles. The van der Waals surface area contributed by atoms with E-state index < -0.39 is 0 Å². The molecule has 0 bridgehead atoms. The summed E-state index contributed by atoms with van der Waals surface area (Å²) >= 11 is 1.66. The van der Waals surface area contributed by atoms with E-state index in [0.29, 0.717) is 0 Å². The first-order chi connectivity index (χ1) is 9.79. The molecule has 0 spiro atoms. The molecule has 0 fully saturated rings. The molecule has 3 heterocycles. The Labute approximate surface area is 122 Å². The van der Waals surface area contributed by atoms with Gasteiger partial charge in [0.15, 0.2) is 0 Å². The molecule has 0 amide bonds. The van der Waals surface area contributed by atoms with Crippen molar-refractivity contribution >= 4 is 17.4 Å². The molecule has 0 aliphatic heterocycles. The maximum atomic E-state index is 5.36. The summed E-state index contributed by atoms with van der Waals surface area (Å²) in [7, 11) is 0. The Morgan fingerprint density at radius 2 is 2.25 bits per heavy atom. The van der Waals surface area contributed by atoms with Gasteiger partial charge in [-0.2, -0.15) is 0 Å². The van der Waals surface area contributed by atoms with Crippen LogP contribution in [0.25, 0.3) is 5.65 Å². The summed E-state index contributed by atoms with van der Waals surface area (Å²) in [5, 5.41) is 4.41. The van der Waals surface area contributed by atoms with Crippen molar-refractivity contribution in [2.45, 2.75) is 30.3 Å². The highest BCUT2D eigenvalue weighted by Crippen LogP contribution is 2.33. The van der Waals surface area contributed by atoms with Gasteiger partial charge in [0.1, 0.15) is 16.4 Å². The lowest BCUT2D eigenvalue weighted by Gasteiger charge is -2.05. The first-order valence-corrected chi connectivity index (χ1v) is 7.50. The lowest BCUT2D eigenvalue weighted by Crippen LogP contribution is -2.13. The maximum absolute atomic E-state index is 5.36. The van der Waals surface area contributed by atoms with Crippen LogP contribution in [0.15, 0.2) is 51.1 Å². The molecule has 3 aromatic heterocycles. The summed E-state index contributed by atoms with van der Waals surface area (Å²) in [5.74, 6) is 0.932. The molecule has 0 aliphatic carbocycles. The molecular formula is C15H17N3OS. The van der Waals surface area contributed by atoms with Gasteiger partial charge in [0.05, 0.1) is 16.9 Å². The van der Waals surface area contributed by atoms with E-state index in [1.54, 1.807) is 18.0 Å². The summed E-state index contributed by atoms with van der Waals surface area (Å²) in [6.45, 7) is 5.83. The zero-order chi connectivity index (χ0) is 13.9. The van der Waals surface area contributed by atoms with E-state index >= 15 is 0 Å². The van der Waals surface area contributed by atoms with E-state index in [9.17, 15) is 0 Å². The van der Waals surface area contributed by atoms with Crippen LogP contribution in [0.2, 0.25) is 0 Å². The first kappa shape index (κ1) is 13.3. The number of aryl methyl sites for hydroxylation is 1. The van der Waals surface area contributed by atoms with Crippen molar-refractivity contribution in [3.63, 3.8) is 0 Å². The average Bonchev–Trinajstić information content (AvgIpc) is 3.01. The zero-order valence-electron chi connectivity index (χ0n) is 11.6. The standard InChI is InChI=1S/C15H17N3OS/c1-3-16-10-12-15(20-13-7-9-19-11(13)2)17-14-6-4-5-8-18(12)14/h4-9,16H,3,10H2,1-2H3. The minimum atomic E-state index is 0.806. The van der Waals surface area contributed by atoms with Crippen molar-refractivity contribution in [1.29, 1.82) is 0 Å². The van der Waals surface area contributed by atoms with Crippen LogP contribution in [0.4, 0.5) is 0 Å². The van der Waals surface area contributed by atoms with Crippen LogP contribution in [0.1, 0.15) is 18.4 Å². The fraction of sp³-hybridized carbons (Fsp3) is 0.267. The Morgan fingerprint density at radius 1 is 1.35 bits per heavy atom. The number of nitrogens with one attached hydrogen (secondary N) is 1. The minimum Gasteiger partial charge on any atom is -0.468 e. The van der Waals surface area contributed by atoms with E-state index in [0.717, 1.165) is 34.4 Å². The number of rotatable bonds is 5. The fourth-order valence-electron chi connectivity index (χ4n) is 2.09. The smallest absolute Gasteiger partial charge is 0.138 e. The number of furan rings is 1. The molecule has 4 nitrogen and oxygen atoms in total. The van der Waals surface area contributed by atoms with Crippen molar-refractivity contribution in [1.82, 2.24) is 14.7 Å². The molecule has 3 rings (SSSR count). The molecule has 0 atom stereocenters. The number of fused-ring (bicyclic) bond motifs is 1. The predicted octanol–water partition coefficient (Wildman–Crippen LogP) is 3.50. The minimum absolute atomic E-state index is 0.806. The SMILES string of the molecule is CCNCc1c(Sc2ccoc2C)nc2ccccn12. The van der Waals surface area contributed by atoms with Crippen LogP contribution in [-0.2, 0) is 6.54 Å². The van der Waals surface area contributed by atoms with Crippen molar-refractivity contribution < 1.29 is 4.42 Å². The molecule has 5 heteroatoms. The number of hydrogen-bond acceptors (Lipinski definition) is 4. The highest BCUT2D eigenvalue weighted by molar-refractivity contribution is 7.99. The molecular weight excluding hydrogens is 270 g/mol. The summed E-state index contributed by atoms with van der Waals surface area (Å²) in [4.78, 5) is 5.84. The second-order valence-corrected chi connectivity index (χ2v) is 5.55. The monoisotopic (exact) mass is 287 g/mol. The summed E-state index contributed by atoms with van der Waals surface area (Å²) < 4.78 is 7.50. The second kappa shape index (κ2) is 5.73. The zero-order valence-corrected chi connectivity index (χ0v) is 12.4. The predicted molar refractivity (Wildman–Crippen MR) is 80.1 cm³/mol. The van der Waals surface area contributed by atoms with Crippen LogP contribution < -0.4 is 5.32 Å². The van der Waals surface area contributed by atoms with Gasteiger partial charge in [-0.15, -0.1) is 0 Å². The largest absolute Gasteiger partial charge is 0.468 e. The molecule has 1 N–H and O–H groups in total. The lowest BCUT2D eigenvalue weighted by atomic mass is 10.4. The van der Waals surface area contributed by atoms with Gasteiger partial charge in [-0.1, -0.05) is 24.8 Å². The van der Waals surface area contributed by atoms with Gasteiger partial charge in [0.25, 0.3) is 0 Å². The molecule has 3 aromatic rings. The van der Waals surface area contributed by atoms with Crippen molar-refractivity contribution in [3.05, 3.63) is 48.2 Å². The Morgan fingerprint density at radius 3 is 3.00 bits per heavy atom. The number of nitrogens with zero attached hydrogens (tertiary/aromatic N) is 2. The van der Waals surface area contributed by atoms with E-state index in [1.807, 2.05) is 31.2 Å². The molecule has 0 aromatic carbocycles. The second-order valence-electron chi connectivity index (χ2n) is 4.52. The molecule has 20 heavy (non-hydrogen) atoms. The third-order valence-electron chi connectivity index (χ3n) is 3.15. The van der Waals surface area contributed by atoms with Gasteiger partial charge in [-0.25, -0.2) is 4.98 Å². The highest BCUT2D eigenvalue weighted by atomic mass is 32.2. The maximum Gasteiger partial charge on any atom is 0.138 e. The topological polar surface area (TPSA) is 42.5 Å². The third-order valence-corrected chi connectivity index (χ3v) is 4.32. The Kier molecular flexibility index (Phi) is 3.80.